The first-order chi connectivity index (χ1) is 7.66. The number of aromatic nitrogens is 1. The summed E-state index contributed by atoms with van der Waals surface area (Å²) < 4.78 is 13.4. The van der Waals surface area contributed by atoms with Crippen LogP contribution in [0, 0.1) is 0 Å². The average molecular weight is 282 g/mol. The van der Waals surface area contributed by atoms with Crippen molar-refractivity contribution in [2.45, 2.75) is 18.6 Å². The third kappa shape index (κ3) is 3.59. The number of rotatable bonds is 2. The summed E-state index contributed by atoms with van der Waals surface area (Å²) in [6.45, 7) is 1.01. The quantitative estimate of drug-likeness (QED) is 0.770. The van der Waals surface area contributed by atoms with Crippen LogP contribution in [0.4, 0.5) is 4.39 Å². The van der Waals surface area contributed by atoms with Crippen LogP contribution < -0.4 is 10.6 Å². The van der Waals surface area contributed by atoms with Gasteiger partial charge in [0.05, 0.1) is 11.1 Å². The number of nitrogens with one attached hydrogen (secondary N) is 3. The third-order valence-corrected chi connectivity index (χ3v) is 2.84. The summed E-state index contributed by atoms with van der Waals surface area (Å²) in [6.07, 6.45) is 1.08. The molecule has 4 nitrogen and oxygen atoms in total. The maximum atomic E-state index is 13.4. The highest BCUT2D eigenvalue weighted by atomic mass is 35.5. The monoisotopic (exact) mass is 281 g/mol. The minimum absolute atomic E-state index is 0. The molecule has 1 amide bonds. The van der Waals surface area contributed by atoms with Gasteiger partial charge in [0.1, 0.15) is 11.9 Å². The van der Waals surface area contributed by atoms with Crippen molar-refractivity contribution in [3.8, 4) is 0 Å². The zero-order valence-corrected chi connectivity index (χ0v) is 10.6. The van der Waals surface area contributed by atoms with Crippen molar-refractivity contribution in [3.63, 3.8) is 0 Å². The second-order valence-corrected chi connectivity index (χ2v) is 4.26. The highest BCUT2D eigenvalue weighted by Gasteiger charge is 2.26. The maximum Gasteiger partial charge on any atom is 0.268 e. The van der Waals surface area contributed by atoms with Crippen LogP contribution >= 0.6 is 24.0 Å². The summed E-state index contributed by atoms with van der Waals surface area (Å²) in [7, 11) is 0. The molecule has 17 heavy (non-hydrogen) atoms. The number of hydrogen-bond donors (Lipinski definition) is 3. The van der Waals surface area contributed by atoms with Gasteiger partial charge in [0, 0.05) is 12.7 Å². The largest absolute Gasteiger partial charge is 0.356 e. The Morgan fingerprint density at radius 3 is 2.94 bits per heavy atom. The van der Waals surface area contributed by atoms with Crippen LogP contribution in [0.3, 0.4) is 0 Å². The van der Waals surface area contributed by atoms with Gasteiger partial charge in [-0.1, -0.05) is 11.6 Å². The highest BCUT2D eigenvalue weighted by Crippen LogP contribution is 2.11. The number of alkyl halides is 1. The van der Waals surface area contributed by atoms with Crippen molar-refractivity contribution in [2.75, 3.05) is 13.1 Å². The molecular weight excluding hydrogens is 268 g/mol. The summed E-state index contributed by atoms with van der Waals surface area (Å²) in [6, 6.07) is 1.10. The fourth-order valence-electron chi connectivity index (χ4n) is 1.73. The molecule has 2 atom stereocenters. The molecule has 96 valence electrons. The highest BCUT2D eigenvalue weighted by molar-refractivity contribution is 6.30. The fraction of sp³-hybridized carbons (Fsp3) is 0.500. The molecule has 0 spiro atoms. The third-order valence-electron chi connectivity index (χ3n) is 2.62. The first kappa shape index (κ1) is 14.3. The molecule has 1 fully saturated rings. The van der Waals surface area contributed by atoms with E-state index in [0.717, 1.165) is 6.54 Å². The fourth-order valence-corrected chi connectivity index (χ4v) is 1.89. The van der Waals surface area contributed by atoms with E-state index in [9.17, 15) is 9.18 Å². The molecule has 0 radical (unpaired) electrons. The van der Waals surface area contributed by atoms with Gasteiger partial charge in [-0.2, -0.15) is 0 Å². The van der Waals surface area contributed by atoms with E-state index in [1.54, 1.807) is 0 Å². The van der Waals surface area contributed by atoms with Gasteiger partial charge in [-0.15, -0.1) is 12.4 Å². The van der Waals surface area contributed by atoms with Gasteiger partial charge in [0.15, 0.2) is 0 Å². The molecule has 0 saturated carbocycles. The number of piperidine rings is 1. The average Bonchev–Trinajstić information content (AvgIpc) is 2.68. The van der Waals surface area contributed by atoms with E-state index in [2.05, 4.69) is 15.6 Å². The van der Waals surface area contributed by atoms with Crippen LogP contribution in [0.2, 0.25) is 5.02 Å². The molecular formula is C10H14Cl2FN3O. The van der Waals surface area contributed by atoms with Crippen molar-refractivity contribution in [1.82, 2.24) is 15.6 Å². The van der Waals surface area contributed by atoms with Crippen LogP contribution in [-0.2, 0) is 0 Å². The number of carbonyl (C=O) groups excluding carboxylic acids is 1. The van der Waals surface area contributed by atoms with Gasteiger partial charge in [-0.05, 0) is 19.0 Å². The summed E-state index contributed by atoms with van der Waals surface area (Å²) >= 11 is 5.68. The minimum Gasteiger partial charge on any atom is -0.356 e. The number of aromatic amines is 1. The minimum atomic E-state index is -1.04. The van der Waals surface area contributed by atoms with Crippen LogP contribution in [0.15, 0.2) is 12.3 Å². The van der Waals surface area contributed by atoms with Crippen LogP contribution in [0.5, 0.6) is 0 Å². The van der Waals surface area contributed by atoms with Crippen LogP contribution in [0.1, 0.15) is 16.9 Å². The van der Waals surface area contributed by atoms with Crippen molar-refractivity contribution in [2.24, 2.45) is 0 Å². The van der Waals surface area contributed by atoms with Gasteiger partial charge in [-0.3, -0.25) is 4.79 Å². The van der Waals surface area contributed by atoms with E-state index in [1.807, 2.05) is 0 Å². The number of hydrogen-bond acceptors (Lipinski definition) is 2. The number of halogens is 3. The zero-order chi connectivity index (χ0) is 11.5. The van der Waals surface area contributed by atoms with E-state index in [-0.39, 0.29) is 24.9 Å². The molecule has 0 unspecified atom stereocenters. The number of carbonyl (C=O) groups is 1. The lowest BCUT2D eigenvalue weighted by atomic mass is 10.0. The van der Waals surface area contributed by atoms with E-state index in [4.69, 9.17) is 11.6 Å². The Kier molecular flexibility index (Phi) is 5.24. The van der Waals surface area contributed by atoms with E-state index < -0.39 is 12.2 Å². The molecule has 7 heteroatoms. The molecule has 1 aromatic heterocycles. The molecule has 1 aliphatic heterocycles. The molecule has 2 rings (SSSR count). The first-order valence-electron chi connectivity index (χ1n) is 5.16. The van der Waals surface area contributed by atoms with Gasteiger partial charge in [0.2, 0.25) is 0 Å². The van der Waals surface area contributed by atoms with Gasteiger partial charge in [-0.25, -0.2) is 4.39 Å². The first-order valence-corrected chi connectivity index (χ1v) is 5.54. The molecule has 1 aromatic rings. The number of H-pyrrole nitrogens is 1. The Morgan fingerprint density at radius 2 is 2.35 bits per heavy atom. The summed E-state index contributed by atoms with van der Waals surface area (Å²) in [5.41, 5.74) is 0.357. The Bertz CT molecular complexity index is 385. The Morgan fingerprint density at radius 1 is 1.59 bits per heavy atom. The lowest BCUT2D eigenvalue weighted by molar-refractivity contribution is 0.0888. The summed E-state index contributed by atoms with van der Waals surface area (Å²) in [5, 5.41) is 6.05. The molecule has 0 bridgehead atoms. The topological polar surface area (TPSA) is 56.9 Å². The predicted molar refractivity (Wildman–Crippen MR) is 66.7 cm³/mol. The standard InChI is InChI=1S/C10H13ClFN3O.ClH/c11-6-3-9(14-4-6)10(16)15-8-1-2-13-5-7(8)12;/h3-4,7-8,13-14H,1-2,5H2,(H,15,16);1H/t7-,8-;/m1./s1. The second-order valence-electron chi connectivity index (χ2n) is 3.82. The van der Waals surface area contributed by atoms with E-state index in [1.165, 1.54) is 12.3 Å². The smallest absolute Gasteiger partial charge is 0.268 e. The van der Waals surface area contributed by atoms with Gasteiger partial charge in [0.25, 0.3) is 5.91 Å². The normalized spacial score (nSPS) is 23.9. The van der Waals surface area contributed by atoms with Crippen molar-refractivity contribution in [1.29, 1.82) is 0 Å². The molecule has 3 N–H and O–H groups in total. The molecule has 1 saturated heterocycles. The van der Waals surface area contributed by atoms with Crippen molar-refractivity contribution >= 4 is 29.9 Å². The van der Waals surface area contributed by atoms with Gasteiger partial charge >= 0.3 is 0 Å². The predicted octanol–water partition coefficient (Wildman–Crippen LogP) is 1.52. The van der Waals surface area contributed by atoms with E-state index in [0.29, 0.717) is 17.1 Å². The Hall–Kier alpha value is -0.780. The Balaban J connectivity index is 0.00000144. The maximum absolute atomic E-state index is 13.4. The summed E-state index contributed by atoms with van der Waals surface area (Å²) in [5.74, 6) is -0.318. The molecule has 2 heterocycles. The van der Waals surface area contributed by atoms with Crippen LogP contribution in [-0.4, -0.2) is 36.2 Å². The Labute approximate surface area is 110 Å². The lowest BCUT2D eigenvalue weighted by Crippen LogP contribution is -2.50. The molecule has 0 aliphatic carbocycles. The van der Waals surface area contributed by atoms with Gasteiger partial charge < -0.3 is 15.6 Å². The molecule has 1 aliphatic rings. The zero-order valence-electron chi connectivity index (χ0n) is 9.00. The van der Waals surface area contributed by atoms with Crippen molar-refractivity contribution < 1.29 is 9.18 Å². The van der Waals surface area contributed by atoms with Crippen molar-refractivity contribution in [3.05, 3.63) is 23.0 Å². The van der Waals surface area contributed by atoms with Crippen LogP contribution in [0.25, 0.3) is 0 Å². The summed E-state index contributed by atoms with van der Waals surface area (Å²) in [4.78, 5) is 14.4. The second kappa shape index (κ2) is 6.23. The SMILES string of the molecule is Cl.O=C(N[C@@H]1CCNC[C@H]1F)c1cc(Cl)c[nH]1. The molecule has 0 aromatic carbocycles. The van der Waals surface area contributed by atoms with E-state index >= 15 is 0 Å². The lowest BCUT2D eigenvalue weighted by Gasteiger charge is -2.27. The number of amides is 1.